The Morgan fingerprint density at radius 2 is 1.96 bits per heavy atom. The van der Waals surface area contributed by atoms with E-state index in [2.05, 4.69) is 20.3 Å². The number of nitrogen functional groups attached to an aromatic ring is 1. The first kappa shape index (κ1) is 14.5. The van der Waals surface area contributed by atoms with E-state index in [1.165, 1.54) is 16.4 Å². The molecule has 0 atom stereocenters. The van der Waals surface area contributed by atoms with Crippen molar-refractivity contribution in [2.45, 2.75) is 10.9 Å². The molecule has 1 aromatic carbocycles. The molecule has 0 aliphatic heterocycles. The van der Waals surface area contributed by atoms with E-state index in [1.54, 1.807) is 18.4 Å². The van der Waals surface area contributed by atoms with Crippen molar-refractivity contribution < 1.29 is 8.94 Å². The molecule has 0 unspecified atom stereocenters. The Balaban J connectivity index is 1.47. The summed E-state index contributed by atoms with van der Waals surface area (Å²) in [6, 6.07) is 13.2. The van der Waals surface area contributed by atoms with Crippen molar-refractivity contribution in [1.29, 1.82) is 0 Å². The van der Waals surface area contributed by atoms with Crippen LogP contribution in [0.2, 0.25) is 0 Å². The quantitative estimate of drug-likeness (QED) is 0.436. The average Bonchev–Trinajstić information content (AvgIpc) is 3.35. The third-order valence-corrected chi connectivity index (χ3v) is 4.16. The molecule has 3 heterocycles. The fraction of sp³-hybridized carbons (Fsp3) is 0.0667. The van der Waals surface area contributed by atoms with E-state index < -0.39 is 0 Å². The van der Waals surface area contributed by atoms with Crippen LogP contribution in [0, 0.1) is 0 Å². The Morgan fingerprint density at radius 3 is 2.75 bits per heavy atom. The van der Waals surface area contributed by atoms with Crippen molar-refractivity contribution in [3.63, 3.8) is 0 Å². The minimum Gasteiger partial charge on any atom is -0.461 e. The van der Waals surface area contributed by atoms with Crippen LogP contribution in [0.4, 0.5) is 0 Å². The summed E-state index contributed by atoms with van der Waals surface area (Å²) < 4.78 is 11.9. The maximum Gasteiger partial charge on any atom is 0.237 e. The molecule has 0 radical (unpaired) electrons. The van der Waals surface area contributed by atoms with Crippen LogP contribution in [0.15, 0.2) is 62.8 Å². The maximum absolute atomic E-state index is 6.00. The average molecular weight is 340 g/mol. The number of hydrogen-bond acceptors (Lipinski definition) is 8. The van der Waals surface area contributed by atoms with E-state index in [9.17, 15) is 0 Å². The molecule has 0 saturated heterocycles. The molecule has 120 valence electrons. The van der Waals surface area contributed by atoms with E-state index in [0.717, 1.165) is 5.56 Å². The van der Waals surface area contributed by atoms with Crippen LogP contribution in [-0.2, 0) is 5.75 Å². The largest absolute Gasteiger partial charge is 0.461 e. The highest BCUT2D eigenvalue weighted by Gasteiger charge is 2.16. The first-order chi connectivity index (χ1) is 11.8. The number of thioether (sulfide) groups is 1. The van der Waals surface area contributed by atoms with Crippen molar-refractivity contribution in [2.75, 3.05) is 5.84 Å². The molecule has 0 spiro atoms. The van der Waals surface area contributed by atoms with E-state index in [4.69, 9.17) is 14.8 Å². The molecule has 0 saturated carbocycles. The Hall–Kier alpha value is -3.07. The Bertz CT molecular complexity index is 932. The first-order valence-electron chi connectivity index (χ1n) is 7.06. The van der Waals surface area contributed by atoms with E-state index in [1.807, 2.05) is 30.3 Å². The van der Waals surface area contributed by atoms with Crippen LogP contribution in [0.25, 0.3) is 23.0 Å². The van der Waals surface area contributed by atoms with Gasteiger partial charge in [-0.3, -0.25) is 0 Å². The molecule has 0 aliphatic rings. The summed E-state index contributed by atoms with van der Waals surface area (Å²) in [5.41, 5.74) is 0.902. The minimum absolute atomic E-state index is 0.438. The minimum atomic E-state index is 0.438. The van der Waals surface area contributed by atoms with Gasteiger partial charge in [0.05, 0.1) is 12.0 Å². The van der Waals surface area contributed by atoms with Gasteiger partial charge in [-0.15, -0.1) is 10.2 Å². The fourth-order valence-corrected chi connectivity index (χ4v) is 2.79. The Kier molecular flexibility index (Phi) is 3.75. The lowest BCUT2D eigenvalue weighted by Crippen LogP contribution is -2.11. The predicted octanol–water partition coefficient (Wildman–Crippen LogP) is 2.59. The van der Waals surface area contributed by atoms with Crippen LogP contribution in [-0.4, -0.2) is 25.0 Å². The molecule has 2 N–H and O–H groups in total. The summed E-state index contributed by atoms with van der Waals surface area (Å²) >= 11 is 1.35. The molecular formula is C15H12N6O2S. The summed E-state index contributed by atoms with van der Waals surface area (Å²) in [6.45, 7) is 0. The summed E-state index contributed by atoms with van der Waals surface area (Å²) in [7, 11) is 0. The topological polar surface area (TPSA) is 109 Å². The number of furan rings is 1. The highest BCUT2D eigenvalue weighted by atomic mass is 32.2. The van der Waals surface area contributed by atoms with Crippen LogP contribution in [0.1, 0.15) is 5.89 Å². The van der Waals surface area contributed by atoms with Gasteiger partial charge < -0.3 is 14.8 Å². The second-order valence-electron chi connectivity index (χ2n) is 4.82. The van der Waals surface area contributed by atoms with E-state index in [-0.39, 0.29) is 0 Å². The highest BCUT2D eigenvalue weighted by molar-refractivity contribution is 7.98. The molecule has 4 aromatic rings. The van der Waals surface area contributed by atoms with Crippen LogP contribution < -0.4 is 5.84 Å². The van der Waals surface area contributed by atoms with Crippen LogP contribution in [0.5, 0.6) is 0 Å². The number of nitrogens with zero attached hydrogens (tertiary/aromatic N) is 5. The molecule has 0 aliphatic carbocycles. The van der Waals surface area contributed by atoms with Gasteiger partial charge in [0.1, 0.15) is 0 Å². The normalized spacial score (nSPS) is 11.0. The number of nitrogens with two attached hydrogens (primary N) is 1. The van der Waals surface area contributed by atoms with Gasteiger partial charge in [0, 0.05) is 5.56 Å². The summed E-state index contributed by atoms with van der Waals surface area (Å²) in [4.78, 5) is 4.37. The Labute approximate surface area is 140 Å². The predicted molar refractivity (Wildman–Crippen MR) is 87.2 cm³/mol. The van der Waals surface area contributed by atoms with Gasteiger partial charge in [0.2, 0.25) is 22.7 Å². The van der Waals surface area contributed by atoms with E-state index >= 15 is 0 Å². The van der Waals surface area contributed by atoms with Gasteiger partial charge in [-0.05, 0) is 12.1 Å². The van der Waals surface area contributed by atoms with Crippen molar-refractivity contribution in [2.24, 2.45) is 0 Å². The lowest BCUT2D eigenvalue weighted by Gasteiger charge is -1.99. The maximum atomic E-state index is 6.00. The molecule has 0 amide bonds. The second-order valence-corrected chi connectivity index (χ2v) is 5.76. The van der Waals surface area contributed by atoms with E-state index in [0.29, 0.717) is 34.2 Å². The van der Waals surface area contributed by atoms with Crippen LogP contribution in [0.3, 0.4) is 0 Å². The molecule has 0 bridgehead atoms. The van der Waals surface area contributed by atoms with Crippen LogP contribution >= 0.6 is 11.8 Å². The number of hydrogen-bond donors (Lipinski definition) is 1. The SMILES string of the molecule is Nn1c(SCc2nc(-c3ccccc3)no2)nnc1-c1ccco1. The number of benzene rings is 1. The second kappa shape index (κ2) is 6.20. The molecular weight excluding hydrogens is 328 g/mol. The van der Waals surface area contributed by atoms with Crippen molar-refractivity contribution >= 4 is 11.8 Å². The third kappa shape index (κ3) is 2.76. The Morgan fingerprint density at radius 1 is 1.08 bits per heavy atom. The van der Waals surface area contributed by atoms with Crippen molar-refractivity contribution in [1.82, 2.24) is 25.0 Å². The lowest BCUT2D eigenvalue weighted by molar-refractivity contribution is 0.391. The zero-order valence-corrected chi connectivity index (χ0v) is 13.2. The summed E-state index contributed by atoms with van der Waals surface area (Å²) in [6.07, 6.45) is 1.56. The third-order valence-electron chi connectivity index (χ3n) is 3.23. The van der Waals surface area contributed by atoms with Gasteiger partial charge in [-0.25, -0.2) is 4.68 Å². The zero-order chi connectivity index (χ0) is 16.4. The van der Waals surface area contributed by atoms with Crippen molar-refractivity contribution in [3.05, 3.63) is 54.6 Å². The lowest BCUT2D eigenvalue weighted by atomic mass is 10.2. The number of rotatable bonds is 5. The van der Waals surface area contributed by atoms with Crippen molar-refractivity contribution in [3.8, 4) is 23.0 Å². The van der Waals surface area contributed by atoms with Gasteiger partial charge >= 0.3 is 0 Å². The standard InChI is InChI=1S/C15H12N6O2S/c16-21-14(11-7-4-8-22-11)18-19-15(21)24-9-12-17-13(20-23-12)10-5-2-1-3-6-10/h1-8H,9,16H2. The molecule has 8 nitrogen and oxygen atoms in total. The molecule has 0 fully saturated rings. The number of aromatic nitrogens is 5. The van der Waals surface area contributed by atoms with Gasteiger partial charge in [-0.2, -0.15) is 4.98 Å². The molecule has 4 rings (SSSR count). The molecule has 24 heavy (non-hydrogen) atoms. The zero-order valence-electron chi connectivity index (χ0n) is 12.4. The highest BCUT2D eigenvalue weighted by Crippen LogP contribution is 2.25. The smallest absolute Gasteiger partial charge is 0.237 e. The van der Waals surface area contributed by atoms with Gasteiger partial charge in [0.15, 0.2) is 5.76 Å². The molecule has 9 heteroatoms. The molecule has 3 aromatic heterocycles. The summed E-state index contributed by atoms with van der Waals surface area (Å²) in [5.74, 6) is 8.49. The van der Waals surface area contributed by atoms with Gasteiger partial charge in [-0.1, -0.05) is 47.3 Å². The first-order valence-corrected chi connectivity index (χ1v) is 8.05. The monoisotopic (exact) mass is 340 g/mol. The van der Waals surface area contributed by atoms with Gasteiger partial charge in [0.25, 0.3) is 0 Å². The fourth-order valence-electron chi connectivity index (χ4n) is 2.09. The summed E-state index contributed by atoms with van der Waals surface area (Å²) in [5, 5.41) is 12.6.